The maximum absolute atomic E-state index is 12.0. The molecule has 1 heterocycles. The first-order chi connectivity index (χ1) is 9.15. The van der Waals surface area contributed by atoms with Crippen molar-refractivity contribution in [1.82, 2.24) is 14.3 Å². The Morgan fingerprint density at radius 1 is 1.35 bits per heavy atom. The Bertz CT molecular complexity index is 649. The highest BCUT2D eigenvalue weighted by Gasteiger charge is 2.18. The Kier molecular flexibility index (Phi) is 5.68. The normalized spacial score (nSPS) is 12.8. The molecule has 1 aromatic rings. The third-order valence-corrected chi connectivity index (χ3v) is 4.78. The van der Waals surface area contributed by atoms with E-state index in [4.69, 9.17) is 5.14 Å². The average Bonchev–Trinajstić information content (AvgIpc) is 2.67. The number of imidazole rings is 1. The predicted molar refractivity (Wildman–Crippen MR) is 75.0 cm³/mol. The van der Waals surface area contributed by atoms with Crippen molar-refractivity contribution in [2.75, 3.05) is 12.3 Å². The third kappa shape index (κ3) is 5.19. The first-order valence-corrected chi connectivity index (χ1v) is 9.39. The fraction of sp³-hybridized carbons (Fsp3) is 0.700. The monoisotopic (exact) mass is 324 g/mol. The van der Waals surface area contributed by atoms with Gasteiger partial charge >= 0.3 is 0 Å². The van der Waals surface area contributed by atoms with E-state index in [1.165, 1.54) is 6.20 Å². The van der Waals surface area contributed by atoms with Crippen molar-refractivity contribution < 1.29 is 16.8 Å². The van der Waals surface area contributed by atoms with Crippen molar-refractivity contribution in [2.45, 2.75) is 38.3 Å². The van der Waals surface area contributed by atoms with E-state index < -0.39 is 20.0 Å². The van der Waals surface area contributed by atoms with Gasteiger partial charge < -0.3 is 4.57 Å². The van der Waals surface area contributed by atoms with Crippen LogP contribution in [-0.2, 0) is 26.6 Å². The summed E-state index contributed by atoms with van der Waals surface area (Å²) in [6.45, 7) is 4.41. The van der Waals surface area contributed by atoms with Crippen LogP contribution < -0.4 is 9.86 Å². The summed E-state index contributed by atoms with van der Waals surface area (Å²) in [6.07, 6.45) is 2.46. The van der Waals surface area contributed by atoms with Crippen LogP contribution in [0.4, 0.5) is 0 Å². The summed E-state index contributed by atoms with van der Waals surface area (Å²) in [5, 5.41) is 4.78. The van der Waals surface area contributed by atoms with E-state index in [9.17, 15) is 16.8 Å². The number of rotatable bonds is 8. The Morgan fingerprint density at radius 3 is 2.55 bits per heavy atom. The molecule has 0 radical (unpaired) electrons. The molecule has 0 aliphatic carbocycles. The number of hydrogen-bond donors (Lipinski definition) is 2. The first kappa shape index (κ1) is 17.1. The topological polar surface area (TPSA) is 124 Å². The molecule has 0 unspecified atom stereocenters. The van der Waals surface area contributed by atoms with Crippen LogP contribution in [0.5, 0.6) is 0 Å². The van der Waals surface area contributed by atoms with Crippen LogP contribution in [0, 0.1) is 6.92 Å². The second-order valence-electron chi connectivity index (χ2n) is 4.44. The summed E-state index contributed by atoms with van der Waals surface area (Å²) >= 11 is 0. The zero-order valence-corrected chi connectivity index (χ0v) is 13.2. The summed E-state index contributed by atoms with van der Waals surface area (Å²) in [6, 6.07) is 0. The standard InChI is InChI=1S/C10H20N4O4S2/c1-3-6-14-8-10(13-9(14)2)20(17,18)12-5-4-7-19(11,15)16/h8,12H,3-7H2,1-2H3,(H2,11,15,16). The van der Waals surface area contributed by atoms with E-state index in [0.29, 0.717) is 12.4 Å². The maximum Gasteiger partial charge on any atom is 0.259 e. The lowest BCUT2D eigenvalue weighted by molar-refractivity contribution is 0.573. The molecule has 20 heavy (non-hydrogen) atoms. The van der Waals surface area contributed by atoms with Gasteiger partial charge in [-0.1, -0.05) is 6.92 Å². The van der Waals surface area contributed by atoms with Gasteiger partial charge in [-0.15, -0.1) is 0 Å². The highest BCUT2D eigenvalue weighted by atomic mass is 32.2. The molecule has 8 nitrogen and oxygen atoms in total. The number of primary sulfonamides is 1. The van der Waals surface area contributed by atoms with E-state index in [1.807, 2.05) is 6.92 Å². The number of sulfonamides is 2. The van der Waals surface area contributed by atoms with Gasteiger partial charge in [0.15, 0.2) is 5.03 Å². The second-order valence-corrected chi connectivity index (χ2v) is 7.89. The molecule has 0 aliphatic rings. The van der Waals surface area contributed by atoms with E-state index in [-0.39, 0.29) is 23.7 Å². The molecule has 0 aromatic carbocycles. The molecule has 0 bridgehead atoms. The summed E-state index contributed by atoms with van der Waals surface area (Å²) < 4.78 is 49.4. The van der Waals surface area contributed by atoms with Gasteiger partial charge in [-0.3, -0.25) is 0 Å². The highest BCUT2D eigenvalue weighted by molar-refractivity contribution is 7.89. The zero-order valence-electron chi connectivity index (χ0n) is 11.5. The summed E-state index contributed by atoms with van der Waals surface area (Å²) in [5.74, 6) is 0.357. The van der Waals surface area contributed by atoms with Gasteiger partial charge in [0.1, 0.15) is 5.82 Å². The van der Waals surface area contributed by atoms with Crippen molar-refractivity contribution in [3.05, 3.63) is 12.0 Å². The van der Waals surface area contributed by atoms with Crippen molar-refractivity contribution in [3.8, 4) is 0 Å². The molecule has 10 heteroatoms. The molecule has 0 saturated carbocycles. The van der Waals surface area contributed by atoms with Crippen LogP contribution in [0.3, 0.4) is 0 Å². The number of nitrogens with two attached hydrogens (primary N) is 1. The van der Waals surface area contributed by atoms with Crippen LogP contribution in [0.15, 0.2) is 11.2 Å². The SMILES string of the molecule is CCCn1cc(S(=O)(=O)NCCCS(N)(=O)=O)nc1C. The average molecular weight is 324 g/mol. The molecule has 0 fully saturated rings. The first-order valence-electron chi connectivity index (χ1n) is 6.19. The summed E-state index contributed by atoms with van der Waals surface area (Å²) in [7, 11) is -7.29. The van der Waals surface area contributed by atoms with E-state index in [1.54, 1.807) is 11.5 Å². The Morgan fingerprint density at radius 2 is 2.00 bits per heavy atom. The fourth-order valence-corrected chi connectivity index (χ4v) is 3.26. The van der Waals surface area contributed by atoms with Gasteiger partial charge in [-0.25, -0.2) is 31.7 Å². The molecule has 0 aliphatic heterocycles. The van der Waals surface area contributed by atoms with Crippen LogP contribution >= 0.6 is 0 Å². The fourth-order valence-electron chi connectivity index (χ4n) is 1.63. The molecule has 1 rings (SSSR count). The number of aryl methyl sites for hydroxylation is 2. The van der Waals surface area contributed by atoms with Gasteiger partial charge in [-0.2, -0.15) is 0 Å². The van der Waals surface area contributed by atoms with Crippen molar-refractivity contribution in [3.63, 3.8) is 0 Å². The number of aromatic nitrogens is 2. The summed E-state index contributed by atoms with van der Waals surface area (Å²) in [5.41, 5.74) is 0. The summed E-state index contributed by atoms with van der Waals surface area (Å²) in [4.78, 5) is 4.00. The second kappa shape index (κ2) is 6.66. The molecule has 0 atom stereocenters. The lowest BCUT2D eigenvalue weighted by Gasteiger charge is -2.03. The molecular weight excluding hydrogens is 304 g/mol. The van der Waals surface area contributed by atoms with E-state index in [2.05, 4.69) is 9.71 Å². The van der Waals surface area contributed by atoms with Crippen LogP contribution in [0.25, 0.3) is 0 Å². The number of nitrogens with zero attached hydrogens (tertiary/aromatic N) is 2. The van der Waals surface area contributed by atoms with Crippen LogP contribution in [0.2, 0.25) is 0 Å². The number of nitrogens with one attached hydrogen (secondary N) is 1. The minimum absolute atomic E-state index is 0.00154. The van der Waals surface area contributed by atoms with Gasteiger partial charge in [0.25, 0.3) is 10.0 Å². The molecule has 0 saturated heterocycles. The smallest absolute Gasteiger partial charge is 0.259 e. The Hall–Kier alpha value is -0.970. The minimum Gasteiger partial charge on any atom is -0.334 e. The van der Waals surface area contributed by atoms with E-state index >= 15 is 0 Å². The van der Waals surface area contributed by atoms with Crippen molar-refractivity contribution in [2.24, 2.45) is 5.14 Å². The van der Waals surface area contributed by atoms with Gasteiger partial charge in [0, 0.05) is 19.3 Å². The molecular formula is C10H20N4O4S2. The quantitative estimate of drug-likeness (QED) is 0.627. The molecule has 0 spiro atoms. The molecule has 116 valence electrons. The Balaban J connectivity index is 2.67. The maximum atomic E-state index is 12.0. The number of hydrogen-bond acceptors (Lipinski definition) is 5. The molecule has 3 N–H and O–H groups in total. The predicted octanol–water partition coefficient (Wildman–Crippen LogP) is -0.442. The highest BCUT2D eigenvalue weighted by Crippen LogP contribution is 2.09. The zero-order chi connectivity index (χ0) is 15.4. The third-order valence-electron chi connectivity index (χ3n) is 2.59. The largest absolute Gasteiger partial charge is 0.334 e. The van der Waals surface area contributed by atoms with Crippen molar-refractivity contribution >= 4 is 20.0 Å². The van der Waals surface area contributed by atoms with Crippen LogP contribution in [-0.4, -0.2) is 38.7 Å². The van der Waals surface area contributed by atoms with Gasteiger partial charge in [0.2, 0.25) is 10.0 Å². The van der Waals surface area contributed by atoms with Crippen LogP contribution in [0.1, 0.15) is 25.6 Å². The molecule has 1 aromatic heterocycles. The Labute approximate surface area is 119 Å². The van der Waals surface area contributed by atoms with E-state index in [0.717, 1.165) is 6.42 Å². The van der Waals surface area contributed by atoms with Crippen molar-refractivity contribution in [1.29, 1.82) is 0 Å². The lowest BCUT2D eigenvalue weighted by atomic mass is 10.5. The van der Waals surface area contributed by atoms with Gasteiger partial charge in [0.05, 0.1) is 5.75 Å². The van der Waals surface area contributed by atoms with Gasteiger partial charge in [-0.05, 0) is 19.8 Å². The molecule has 0 amide bonds. The minimum atomic E-state index is -3.72. The lowest BCUT2D eigenvalue weighted by Crippen LogP contribution is -2.27.